The van der Waals surface area contributed by atoms with E-state index >= 15 is 0 Å². The first-order valence-corrected chi connectivity index (χ1v) is 8.31. The van der Waals surface area contributed by atoms with Gasteiger partial charge in [0.15, 0.2) is 6.61 Å². The van der Waals surface area contributed by atoms with Crippen molar-refractivity contribution in [1.29, 1.82) is 0 Å². The molecule has 0 atom stereocenters. The Kier molecular flexibility index (Phi) is 5.02. The number of ether oxygens (including phenoxy) is 1. The smallest absolute Gasteiger partial charge is 0.262 e. The van der Waals surface area contributed by atoms with Gasteiger partial charge in [-0.2, -0.15) is 0 Å². The number of benzene rings is 2. The minimum absolute atomic E-state index is 0.0685. The van der Waals surface area contributed by atoms with Crippen molar-refractivity contribution in [1.82, 2.24) is 10.2 Å². The lowest BCUT2D eigenvalue weighted by Crippen LogP contribution is -2.20. The minimum atomic E-state index is -0.213. The molecule has 1 amide bonds. The van der Waals surface area contributed by atoms with Gasteiger partial charge in [0.05, 0.1) is 0 Å². The third kappa shape index (κ3) is 4.47. The van der Waals surface area contributed by atoms with E-state index in [2.05, 4.69) is 36.3 Å². The minimum Gasteiger partial charge on any atom is -0.484 e. The maximum Gasteiger partial charge on any atom is 0.262 e. The molecule has 0 bridgehead atoms. The van der Waals surface area contributed by atoms with Gasteiger partial charge < -0.3 is 14.5 Å². The van der Waals surface area contributed by atoms with E-state index in [-0.39, 0.29) is 17.9 Å². The summed E-state index contributed by atoms with van der Waals surface area (Å²) in [5.74, 6) is 0.814. The van der Waals surface area contributed by atoms with E-state index in [1.54, 1.807) is 24.3 Å². The average Bonchev–Trinajstić information content (AvgIpc) is 3.15. The Morgan fingerprint density at radius 2 is 1.77 bits per heavy atom. The SMILES string of the molecule is CC(C)(C)c1ccc(NC(=O)COc2ccc(-c3nnco3)cc2)cc1. The number of amides is 1. The number of aromatic nitrogens is 2. The number of hydrogen-bond acceptors (Lipinski definition) is 5. The van der Waals surface area contributed by atoms with Crippen molar-refractivity contribution >= 4 is 11.6 Å². The monoisotopic (exact) mass is 351 g/mol. The van der Waals surface area contributed by atoms with E-state index in [1.807, 2.05) is 24.3 Å². The highest BCUT2D eigenvalue weighted by Gasteiger charge is 2.13. The summed E-state index contributed by atoms with van der Waals surface area (Å²) in [6, 6.07) is 14.9. The zero-order valence-electron chi connectivity index (χ0n) is 15.0. The van der Waals surface area contributed by atoms with Crippen LogP contribution in [0.15, 0.2) is 59.3 Å². The summed E-state index contributed by atoms with van der Waals surface area (Å²) in [4.78, 5) is 12.1. The molecule has 6 heteroatoms. The number of rotatable bonds is 5. The highest BCUT2D eigenvalue weighted by molar-refractivity contribution is 5.91. The van der Waals surface area contributed by atoms with E-state index in [9.17, 15) is 4.79 Å². The summed E-state index contributed by atoms with van der Waals surface area (Å²) in [7, 11) is 0. The molecule has 0 spiro atoms. The Hall–Kier alpha value is -3.15. The first-order valence-electron chi connectivity index (χ1n) is 8.31. The van der Waals surface area contributed by atoms with Crippen molar-refractivity contribution in [2.75, 3.05) is 11.9 Å². The maximum absolute atomic E-state index is 12.1. The number of nitrogens with zero attached hydrogens (tertiary/aromatic N) is 2. The van der Waals surface area contributed by atoms with Crippen molar-refractivity contribution in [2.45, 2.75) is 26.2 Å². The molecule has 0 fully saturated rings. The first kappa shape index (κ1) is 17.7. The molecule has 0 aliphatic rings. The predicted molar refractivity (Wildman–Crippen MR) is 99.0 cm³/mol. The fraction of sp³-hybridized carbons (Fsp3) is 0.250. The number of anilines is 1. The Balaban J connectivity index is 1.52. The molecule has 0 aliphatic heterocycles. The van der Waals surface area contributed by atoms with Gasteiger partial charge in [-0.3, -0.25) is 4.79 Å². The lowest BCUT2D eigenvalue weighted by molar-refractivity contribution is -0.118. The van der Waals surface area contributed by atoms with Gasteiger partial charge in [-0.15, -0.1) is 10.2 Å². The van der Waals surface area contributed by atoms with Crippen molar-refractivity contribution in [3.05, 3.63) is 60.5 Å². The van der Waals surface area contributed by atoms with Crippen molar-refractivity contribution in [3.8, 4) is 17.2 Å². The number of hydrogen-bond donors (Lipinski definition) is 1. The second-order valence-corrected chi connectivity index (χ2v) is 6.93. The summed E-state index contributed by atoms with van der Waals surface area (Å²) in [5.41, 5.74) is 2.84. The maximum atomic E-state index is 12.1. The van der Waals surface area contributed by atoms with Crippen molar-refractivity contribution < 1.29 is 13.9 Å². The van der Waals surface area contributed by atoms with Crippen LogP contribution in [0.2, 0.25) is 0 Å². The second kappa shape index (κ2) is 7.39. The van der Waals surface area contributed by atoms with Crippen LogP contribution in [0.5, 0.6) is 5.75 Å². The van der Waals surface area contributed by atoms with E-state index in [4.69, 9.17) is 9.15 Å². The molecule has 0 saturated heterocycles. The zero-order chi connectivity index (χ0) is 18.6. The summed E-state index contributed by atoms with van der Waals surface area (Å²) >= 11 is 0. The molecule has 0 unspecified atom stereocenters. The highest BCUT2D eigenvalue weighted by atomic mass is 16.5. The van der Waals surface area contributed by atoms with Crippen LogP contribution < -0.4 is 10.1 Å². The lowest BCUT2D eigenvalue weighted by Gasteiger charge is -2.19. The fourth-order valence-electron chi connectivity index (χ4n) is 2.39. The predicted octanol–water partition coefficient (Wildman–Crippen LogP) is 4.05. The molecule has 1 aromatic heterocycles. The molecule has 26 heavy (non-hydrogen) atoms. The first-order chi connectivity index (χ1) is 12.4. The van der Waals surface area contributed by atoms with Gasteiger partial charge in [0, 0.05) is 11.3 Å². The van der Waals surface area contributed by atoms with Crippen LogP contribution in [-0.2, 0) is 10.2 Å². The molecule has 3 aromatic rings. The molecule has 0 radical (unpaired) electrons. The third-order valence-electron chi connectivity index (χ3n) is 3.87. The highest BCUT2D eigenvalue weighted by Crippen LogP contribution is 2.23. The quantitative estimate of drug-likeness (QED) is 0.750. The summed E-state index contributed by atoms with van der Waals surface area (Å²) in [6.07, 6.45) is 1.28. The van der Waals surface area contributed by atoms with E-state index < -0.39 is 0 Å². The Morgan fingerprint density at radius 1 is 1.08 bits per heavy atom. The van der Waals surface area contributed by atoms with Crippen molar-refractivity contribution in [3.63, 3.8) is 0 Å². The lowest BCUT2D eigenvalue weighted by atomic mass is 9.87. The summed E-state index contributed by atoms with van der Waals surface area (Å²) < 4.78 is 10.6. The van der Waals surface area contributed by atoms with Crippen LogP contribution in [0.25, 0.3) is 11.5 Å². The molecular weight excluding hydrogens is 330 g/mol. The largest absolute Gasteiger partial charge is 0.484 e. The van der Waals surface area contributed by atoms with Gasteiger partial charge in [0.25, 0.3) is 5.91 Å². The van der Waals surface area contributed by atoms with Gasteiger partial charge in [-0.1, -0.05) is 32.9 Å². The molecule has 134 valence electrons. The third-order valence-corrected chi connectivity index (χ3v) is 3.87. The average molecular weight is 351 g/mol. The zero-order valence-corrected chi connectivity index (χ0v) is 15.0. The van der Waals surface area contributed by atoms with Crippen LogP contribution in [0.4, 0.5) is 5.69 Å². The van der Waals surface area contributed by atoms with Crippen LogP contribution in [0, 0.1) is 0 Å². The van der Waals surface area contributed by atoms with Gasteiger partial charge in [0.2, 0.25) is 12.3 Å². The Labute approximate surface area is 152 Å². The molecule has 0 saturated carbocycles. The van der Waals surface area contributed by atoms with Crippen LogP contribution >= 0.6 is 0 Å². The number of nitrogens with one attached hydrogen (secondary N) is 1. The fourth-order valence-corrected chi connectivity index (χ4v) is 2.39. The van der Waals surface area contributed by atoms with Gasteiger partial charge in [-0.25, -0.2) is 0 Å². The topological polar surface area (TPSA) is 77.2 Å². The van der Waals surface area contributed by atoms with Crippen LogP contribution in [0.3, 0.4) is 0 Å². The summed E-state index contributed by atoms with van der Waals surface area (Å²) in [5, 5.41) is 10.3. The number of carbonyl (C=O) groups is 1. The normalized spacial score (nSPS) is 11.2. The van der Waals surface area contributed by atoms with Crippen LogP contribution in [0.1, 0.15) is 26.3 Å². The molecule has 1 heterocycles. The molecular formula is C20H21N3O3. The molecule has 2 aromatic carbocycles. The van der Waals surface area contributed by atoms with Gasteiger partial charge in [0.1, 0.15) is 5.75 Å². The van der Waals surface area contributed by atoms with E-state index in [1.165, 1.54) is 12.0 Å². The van der Waals surface area contributed by atoms with Crippen LogP contribution in [-0.4, -0.2) is 22.7 Å². The second-order valence-electron chi connectivity index (χ2n) is 6.93. The molecule has 3 rings (SSSR count). The number of carbonyl (C=O) groups excluding carboxylic acids is 1. The molecule has 1 N–H and O–H groups in total. The van der Waals surface area contributed by atoms with E-state index in [0.717, 1.165) is 11.3 Å². The summed E-state index contributed by atoms with van der Waals surface area (Å²) in [6.45, 7) is 6.38. The van der Waals surface area contributed by atoms with Gasteiger partial charge in [-0.05, 0) is 47.4 Å². The van der Waals surface area contributed by atoms with E-state index in [0.29, 0.717) is 11.6 Å². The standard InChI is InChI=1S/C20H21N3O3/c1-20(2,3)15-6-8-16(9-7-15)22-18(24)12-25-17-10-4-14(5-11-17)19-23-21-13-26-19/h4-11,13H,12H2,1-3H3,(H,22,24). The molecule has 0 aliphatic carbocycles. The van der Waals surface area contributed by atoms with Gasteiger partial charge >= 0.3 is 0 Å². The Morgan fingerprint density at radius 3 is 2.35 bits per heavy atom. The van der Waals surface area contributed by atoms with Crippen molar-refractivity contribution in [2.24, 2.45) is 0 Å². The Bertz CT molecular complexity index is 849. The molecule has 6 nitrogen and oxygen atoms in total.